The van der Waals surface area contributed by atoms with E-state index in [1.165, 1.54) is 11.1 Å². The molecule has 2 rings (SSSR count). The van der Waals surface area contributed by atoms with E-state index in [0.29, 0.717) is 0 Å². The van der Waals surface area contributed by atoms with Gasteiger partial charge in [0.1, 0.15) is 0 Å². The van der Waals surface area contributed by atoms with Gasteiger partial charge in [0.2, 0.25) is 0 Å². The second kappa shape index (κ2) is 2.88. The van der Waals surface area contributed by atoms with Crippen LogP contribution in [0.4, 0.5) is 0 Å². The van der Waals surface area contributed by atoms with Crippen LogP contribution in [0.25, 0.3) is 0 Å². The quantitative estimate of drug-likeness (QED) is 0.628. The number of ketones is 1. The molecule has 1 heterocycles. The molecule has 0 spiro atoms. The fourth-order valence-corrected chi connectivity index (χ4v) is 2.69. The van der Waals surface area contributed by atoms with Crippen molar-refractivity contribution in [2.45, 2.75) is 30.9 Å². The minimum absolute atomic E-state index is 0.108. The molecule has 1 aromatic rings. The minimum Gasteiger partial charge on any atom is -0.293 e. The van der Waals surface area contributed by atoms with Crippen molar-refractivity contribution in [3.05, 3.63) is 28.8 Å². The van der Waals surface area contributed by atoms with Gasteiger partial charge in [0.25, 0.3) is 0 Å². The molecule has 0 saturated carbocycles. The van der Waals surface area contributed by atoms with E-state index in [9.17, 15) is 4.79 Å². The van der Waals surface area contributed by atoms with Gasteiger partial charge in [0.05, 0.1) is 5.25 Å². The Morgan fingerprint density at radius 2 is 1.85 bits per heavy atom. The predicted octanol–water partition coefficient (Wildman–Crippen LogP) is 2.98. The van der Waals surface area contributed by atoms with E-state index in [2.05, 4.69) is 19.9 Å². The molecule has 0 saturated heterocycles. The van der Waals surface area contributed by atoms with Gasteiger partial charge in [0.15, 0.2) is 5.78 Å². The maximum atomic E-state index is 11.6. The molecule has 13 heavy (non-hydrogen) atoms. The summed E-state index contributed by atoms with van der Waals surface area (Å²) in [6.07, 6.45) is 0. The molecular weight excluding hydrogens is 180 g/mol. The summed E-state index contributed by atoms with van der Waals surface area (Å²) >= 11 is 1.67. The van der Waals surface area contributed by atoms with E-state index in [1.54, 1.807) is 11.8 Å². The molecular formula is C11H12OS. The summed E-state index contributed by atoms with van der Waals surface area (Å²) in [5.74, 6) is 0.281. The molecule has 1 aliphatic heterocycles. The molecule has 2 heteroatoms. The summed E-state index contributed by atoms with van der Waals surface area (Å²) in [6.45, 7) is 6.11. The fourth-order valence-electron chi connectivity index (χ4n) is 1.54. The Labute approximate surface area is 82.5 Å². The van der Waals surface area contributed by atoms with Crippen molar-refractivity contribution < 1.29 is 4.79 Å². The summed E-state index contributed by atoms with van der Waals surface area (Å²) in [4.78, 5) is 12.8. The van der Waals surface area contributed by atoms with Gasteiger partial charge in [-0.3, -0.25) is 4.79 Å². The minimum atomic E-state index is 0.108. The fraction of sp³-hybridized carbons (Fsp3) is 0.364. The van der Waals surface area contributed by atoms with Crippen molar-refractivity contribution in [1.82, 2.24) is 0 Å². The van der Waals surface area contributed by atoms with Crippen LogP contribution in [0.5, 0.6) is 0 Å². The highest BCUT2D eigenvalue weighted by molar-refractivity contribution is 8.01. The predicted molar refractivity (Wildman–Crippen MR) is 55.6 cm³/mol. The summed E-state index contributed by atoms with van der Waals surface area (Å²) in [7, 11) is 0. The summed E-state index contributed by atoms with van der Waals surface area (Å²) in [5.41, 5.74) is 3.40. The van der Waals surface area contributed by atoms with Gasteiger partial charge >= 0.3 is 0 Å². The lowest BCUT2D eigenvalue weighted by Crippen LogP contribution is -2.06. The van der Waals surface area contributed by atoms with Crippen molar-refractivity contribution in [3.63, 3.8) is 0 Å². The van der Waals surface area contributed by atoms with Crippen molar-refractivity contribution in [1.29, 1.82) is 0 Å². The Hall–Kier alpha value is -0.760. The molecule has 0 aliphatic carbocycles. The Balaban J connectivity index is 2.59. The van der Waals surface area contributed by atoms with Crippen LogP contribution in [0.3, 0.4) is 0 Å². The zero-order valence-corrected chi connectivity index (χ0v) is 8.87. The highest BCUT2D eigenvalue weighted by Crippen LogP contribution is 2.37. The molecule has 0 bridgehead atoms. The third-order valence-corrected chi connectivity index (χ3v) is 3.69. The average Bonchev–Trinajstić information content (AvgIpc) is 2.32. The highest BCUT2D eigenvalue weighted by atomic mass is 32.2. The molecule has 0 radical (unpaired) electrons. The van der Waals surface area contributed by atoms with E-state index in [-0.39, 0.29) is 11.0 Å². The lowest BCUT2D eigenvalue weighted by atomic mass is 10.0. The SMILES string of the molecule is Cc1cc2c(cc1C)C(=O)C(C)S2. The van der Waals surface area contributed by atoms with Crippen molar-refractivity contribution in [3.8, 4) is 0 Å². The number of rotatable bonds is 0. The third-order valence-electron chi connectivity index (χ3n) is 2.53. The van der Waals surface area contributed by atoms with Crippen molar-refractivity contribution >= 4 is 17.5 Å². The van der Waals surface area contributed by atoms with Gasteiger partial charge in [-0.25, -0.2) is 0 Å². The van der Waals surface area contributed by atoms with Gasteiger partial charge in [-0.1, -0.05) is 0 Å². The van der Waals surface area contributed by atoms with Crippen LogP contribution >= 0.6 is 11.8 Å². The molecule has 0 fully saturated rings. The molecule has 1 aromatic carbocycles. The summed E-state index contributed by atoms with van der Waals surface area (Å²) in [6, 6.07) is 4.14. The largest absolute Gasteiger partial charge is 0.293 e. The number of carbonyl (C=O) groups excluding carboxylic acids is 1. The van der Waals surface area contributed by atoms with E-state index in [1.807, 2.05) is 13.0 Å². The summed E-state index contributed by atoms with van der Waals surface area (Å²) in [5, 5.41) is 0.108. The maximum absolute atomic E-state index is 11.6. The second-order valence-corrected chi connectivity index (χ2v) is 4.94. The lowest BCUT2D eigenvalue weighted by Gasteiger charge is -2.02. The number of thioether (sulfide) groups is 1. The van der Waals surface area contributed by atoms with Crippen LogP contribution in [0.2, 0.25) is 0 Å². The number of aryl methyl sites for hydroxylation is 2. The first-order valence-electron chi connectivity index (χ1n) is 4.41. The second-order valence-electron chi connectivity index (χ2n) is 3.56. The number of fused-ring (bicyclic) bond motifs is 1. The normalized spacial score (nSPS) is 20.5. The van der Waals surface area contributed by atoms with E-state index < -0.39 is 0 Å². The number of Topliss-reactive ketones (excluding diaryl/α,β-unsaturated/α-hetero) is 1. The molecule has 1 aliphatic rings. The molecule has 0 amide bonds. The topological polar surface area (TPSA) is 17.1 Å². The smallest absolute Gasteiger partial charge is 0.177 e. The Morgan fingerprint density at radius 1 is 1.23 bits per heavy atom. The van der Waals surface area contributed by atoms with Crippen molar-refractivity contribution in [2.24, 2.45) is 0 Å². The zero-order valence-electron chi connectivity index (χ0n) is 8.05. The Bertz CT molecular complexity index is 382. The molecule has 1 nitrogen and oxygen atoms in total. The monoisotopic (exact) mass is 192 g/mol. The number of hydrogen-bond acceptors (Lipinski definition) is 2. The van der Waals surface area contributed by atoms with Crippen LogP contribution in [-0.4, -0.2) is 11.0 Å². The number of hydrogen-bond donors (Lipinski definition) is 0. The number of carbonyl (C=O) groups is 1. The van der Waals surface area contributed by atoms with E-state index in [4.69, 9.17) is 0 Å². The van der Waals surface area contributed by atoms with E-state index >= 15 is 0 Å². The molecule has 0 N–H and O–H groups in total. The van der Waals surface area contributed by atoms with Gasteiger partial charge in [-0.05, 0) is 44.0 Å². The average molecular weight is 192 g/mol. The van der Waals surface area contributed by atoms with Crippen molar-refractivity contribution in [2.75, 3.05) is 0 Å². The first-order chi connectivity index (χ1) is 6.09. The summed E-state index contributed by atoms with van der Waals surface area (Å²) < 4.78 is 0. The van der Waals surface area contributed by atoms with Crippen LogP contribution in [0.1, 0.15) is 28.4 Å². The van der Waals surface area contributed by atoms with Crippen LogP contribution in [0, 0.1) is 13.8 Å². The standard InChI is InChI=1S/C11H12OS/c1-6-4-9-10(5-7(6)2)13-8(3)11(9)12/h4-5,8H,1-3H3. The van der Waals surface area contributed by atoms with Gasteiger partial charge in [-0.15, -0.1) is 11.8 Å². The first kappa shape index (κ1) is 8.82. The third kappa shape index (κ3) is 1.29. The highest BCUT2D eigenvalue weighted by Gasteiger charge is 2.27. The van der Waals surface area contributed by atoms with Gasteiger partial charge in [0, 0.05) is 10.5 Å². The molecule has 68 valence electrons. The maximum Gasteiger partial charge on any atom is 0.177 e. The van der Waals surface area contributed by atoms with Crippen LogP contribution in [0.15, 0.2) is 17.0 Å². The Kier molecular flexibility index (Phi) is 1.95. The number of benzene rings is 1. The molecule has 1 atom stereocenters. The van der Waals surface area contributed by atoms with Crippen LogP contribution in [-0.2, 0) is 0 Å². The molecule has 1 unspecified atom stereocenters. The zero-order chi connectivity index (χ0) is 9.59. The van der Waals surface area contributed by atoms with Crippen LogP contribution < -0.4 is 0 Å². The molecule has 0 aromatic heterocycles. The van der Waals surface area contributed by atoms with E-state index in [0.717, 1.165) is 10.5 Å². The Morgan fingerprint density at radius 3 is 2.54 bits per heavy atom. The first-order valence-corrected chi connectivity index (χ1v) is 5.29. The van der Waals surface area contributed by atoms with Gasteiger partial charge in [-0.2, -0.15) is 0 Å². The van der Waals surface area contributed by atoms with Gasteiger partial charge < -0.3 is 0 Å². The lowest BCUT2D eigenvalue weighted by molar-refractivity contribution is 0.0996.